The van der Waals surface area contributed by atoms with Crippen LogP contribution < -0.4 is 0 Å². The van der Waals surface area contributed by atoms with Gasteiger partial charge in [0.05, 0.1) is 11.0 Å². The van der Waals surface area contributed by atoms with E-state index in [4.69, 9.17) is 0 Å². The number of piperidine rings is 1. The lowest BCUT2D eigenvalue weighted by Gasteiger charge is -2.33. The van der Waals surface area contributed by atoms with Gasteiger partial charge >= 0.3 is 0 Å². The summed E-state index contributed by atoms with van der Waals surface area (Å²) in [5, 5.41) is 10.5. The van der Waals surface area contributed by atoms with Crippen molar-refractivity contribution in [3.05, 3.63) is 66.0 Å². The Morgan fingerprint density at radius 1 is 1.04 bits per heavy atom. The molecule has 1 unspecified atom stereocenters. The van der Waals surface area contributed by atoms with Crippen LogP contribution in [-0.4, -0.2) is 30.9 Å². The lowest BCUT2D eigenvalue weighted by atomic mass is 9.88. The van der Waals surface area contributed by atoms with Crippen LogP contribution in [0.25, 0.3) is 0 Å². The molecule has 0 aliphatic carbocycles. The molecule has 6 heteroatoms. The van der Waals surface area contributed by atoms with Crippen LogP contribution >= 0.6 is 0 Å². The first kappa shape index (κ1) is 17.1. The molecule has 1 fully saturated rings. The number of hydrogen-bond donors (Lipinski definition) is 1. The zero-order chi connectivity index (χ0) is 17.2. The van der Waals surface area contributed by atoms with Gasteiger partial charge in [0.2, 0.25) is 10.0 Å². The maximum Gasteiger partial charge on any atom is 0.243 e. The van der Waals surface area contributed by atoms with E-state index in [1.807, 2.05) is 30.3 Å². The number of aliphatic hydroxyl groups is 1. The van der Waals surface area contributed by atoms with E-state index >= 15 is 0 Å². The highest BCUT2D eigenvalue weighted by Crippen LogP contribution is 2.32. The molecule has 0 spiro atoms. The summed E-state index contributed by atoms with van der Waals surface area (Å²) in [5.74, 6) is -0.545. The lowest BCUT2D eigenvalue weighted by Crippen LogP contribution is -2.39. The predicted molar refractivity (Wildman–Crippen MR) is 89.3 cm³/mol. The van der Waals surface area contributed by atoms with Crippen LogP contribution in [0.3, 0.4) is 0 Å². The van der Waals surface area contributed by atoms with Gasteiger partial charge < -0.3 is 5.11 Å². The molecule has 1 atom stereocenters. The van der Waals surface area contributed by atoms with Gasteiger partial charge in [-0.3, -0.25) is 0 Å². The Kier molecular flexibility index (Phi) is 4.99. The summed E-state index contributed by atoms with van der Waals surface area (Å²) >= 11 is 0. The minimum absolute atomic E-state index is 0.0198. The minimum Gasteiger partial charge on any atom is -0.388 e. The van der Waals surface area contributed by atoms with Gasteiger partial charge in [0.1, 0.15) is 5.82 Å². The molecular formula is C18H20FNO3S. The molecule has 0 bridgehead atoms. The van der Waals surface area contributed by atoms with Gasteiger partial charge in [-0.25, -0.2) is 12.8 Å². The summed E-state index contributed by atoms with van der Waals surface area (Å²) in [6, 6.07) is 14.5. The molecular weight excluding hydrogens is 329 g/mol. The van der Waals surface area contributed by atoms with Crippen molar-refractivity contribution in [2.75, 3.05) is 13.1 Å². The Morgan fingerprint density at radius 2 is 1.71 bits per heavy atom. The first-order valence-corrected chi connectivity index (χ1v) is 9.41. The van der Waals surface area contributed by atoms with E-state index in [1.54, 1.807) is 0 Å². The molecule has 0 saturated carbocycles. The van der Waals surface area contributed by atoms with Crippen molar-refractivity contribution in [2.45, 2.75) is 23.8 Å². The van der Waals surface area contributed by atoms with Gasteiger partial charge in [0, 0.05) is 13.1 Å². The van der Waals surface area contributed by atoms with Crippen LogP contribution in [0.15, 0.2) is 59.5 Å². The average molecular weight is 349 g/mol. The molecule has 3 rings (SSSR count). The van der Waals surface area contributed by atoms with E-state index in [9.17, 15) is 17.9 Å². The third-order valence-corrected chi connectivity index (χ3v) is 6.41. The number of aliphatic hydroxyl groups excluding tert-OH is 1. The van der Waals surface area contributed by atoms with Crippen LogP contribution in [0.5, 0.6) is 0 Å². The van der Waals surface area contributed by atoms with Gasteiger partial charge in [0.25, 0.3) is 0 Å². The number of rotatable bonds is 4. The quantitative estimate of drug-likeness (QED) is 0.923. The fourth-order valence-electron chi connectivity index (χ4n) is 3.13. The van der Waals surface area contributed by atoms with Crippen molar-refractivity contribution < 1.29 is 17.9 Å². The van der Waals surface area contributed by atoms with Crippen LogP contribution in [0.2, 0.25) is 0 Å². The van der Waals surface area contributed by atoms with Crippen LogP contribution in [0.4, 0.5) is 4.39 Å². The lowest BCUT2D eigenvalue weighted by molar-refractivity contribution is 0.0760. The molecule has 2 aromatic carbocycles. The molecule has 1 aliphatic heterocycles. The van der Waals surface area contributed by atoms with Gasteiger partial charge in [-0.05, 0) is 42.5 Å². The highest BCUT2D eigenvalue weighted by Gasteiger charge is 2.32. The largest absolute Gasteiger partial charge is 0.388 e. The first-order valence-electron chi connectivity index (χ1n) is 7.97. The Labute approximate surface area is 141 Å². The molecule has 1 saturated heterocycles. The van der Waals surface area contributed by atoms with E-state index in [1.165, 1.54) is 22.5 Å². The molecule has 2 aromatic rings. The number of nitrogens with zero attached hydrogens (tertiary/aromatic N) is 1. The van der Waals surface area contributed by atoms with Gasteiger partial charge in [-0.1, -0.05) is 36.4 Å². The standard InChI is InChI=1S/C18H20FNO3S/c19-16-7-4-8-17(13-16)24(22,23)20-11-9-15(10-12-20)18(21)14-5-2-1-3-6-14/h1-8,13,15,18,21H,9-12H2. The second-order valence-corrected chi connectivity index (χ2v) is 7.99. The normalized spacial score (nSPS) is 18.4. The Hall–Kier alpha value is -1.76. The van der Waals surface area contributed by atoms with E-state index in [0.717, 1.165) is 11.6 Å². The van der Waals surface area contributed by atoms with E-state index in [0.29, 0.717) is 25.9 Å². The Bertz CT molecular complexity index is 787. The van der Waals surface area contributed by atoms with Gasteiger partial charge in [-0.15, -0.1) is 0 Å². The van der Waals surface area contributed by atoms with Crippen molar-refractivity contribution in [2.24, 2.45) is 5.92 Å². The highest BCUT2D eigenvalue weighted by atomic mass is 32.2. The fourth-order valence-corrected chi connectivity index (χ4v) is 4.63. The maximum absolute atomic E-state index is 13.3. The summed E-state index contributed by atoms with van der Waals surface area (Å²) < 4.78 is 39.8. The van der Waals surface area contributed by atoms with Crippen molar-refractivity contribution in [3.63, 3.8) is 0 Å². The van der Waals surface area contributed by atoms with Crippen LogP contribution in [0, 0.1) is 11.7 Å². The molecule has 128 valence electrons. The number of halogens is 1. The Balaban J connectivity index is 1.69. The van der Waals surface area contributed by atoms with Crippen LogP contribution in [-0.2, 0) is 10.0 Å². The van der Waals surface area contributed by atoms with Crippen LogP contribution in [0.1, 0.15) is 24.5 Å². The third kappa shape index (κ3) is 3.50. The van der Waals surface area contributed by atoms with E-state index in [2.05, 4.69) is 0 Å². The first-order chi connectivity index (χ1) is 11.5. The fraction of sp³-hybridized carbons (Fsp3) is 0.333. The summed E-state index contributed by atoms with van der Waals surface area (Å²) in [6.07, 6.45) is 0.556. The number of sulfonamides is 1. The molecule has 1 N–H and O–H groups in total. The van der Waals surface area contributed by atoms with Crippen molar-refractivity contribution in [3.8, 4) is 0 Å². The summed E-state index contributed by atoms with van der Waals surface area (Å²) in [5.41, 5.74) is 0.851. The van der Waals surface area contributed by atoms with Gasteiger partial charge in [0.15, 0.2) is 0 Å². The molecule has 4 nitrogen and oxygen atoms in total. The molecule has 0 radical (unpaired) electrons. The molecule has 1 aliphatic rings. The Morgan fingerprint density at radius 3 is 2.33 bits per heavy atom. The third-order valence-electron chi connectivity index (χ3n) is 4.52. The molecule has 24 heavy (non-hydrogen) atoms. The second-order valence-electron chi connectivity index (χ2n) is 6.05. The second kappa shape index (κ2) is 7.01. The predicted octanol–water partition coefficient (Wildman–Crippen LogP) is 2.96. The van der Waals surface area contributed by atoms with E-state index in [-0.39, 0.29) is 10.8 Å². The molecule has 0 aromatic heterocycles. The highest BCUT2D eigenvalue weighted by molar-refractivity contribution is 7.89. The topological polar surface area (TPSA) is 57.6 Å². The summed E-state index contributed by atoms with van der Waals surface area (Å²) in [6.45, 7) is 0.654. The maximum atomic E-state index is 13.3. The zero-order valence-electron chi connectivity index (χ0n) is 13.2. The van der Waals surface area contributed by atoms with Crippen molar-refractivity contribution in [1.82, 2.24) is 4.31 Å². The molecule has 1 heterocycles. The van der Waals surface area contributed by atoms with Crippen molar-refractivity contribution in [1.29, 1.82) is 0 Å². The summed E-state index contributed by atoms with van der Waals surface area (Å²) in [4.78, 5) is -0.0236. The monoisotopic (exact) mass is 349 g/mol. The minimum atomic E-state index is -3.69. The summed E-state index contributed by atoms with van der Waals surface area (Å²) in [7, 11) is -3.69. The van der Waals surface area contributed by atoms with E-state index < -0.39 is 21.9 Å². The SMILES string of the molecule is O=S(=O)(c1cccc(F)c1)N1CCC(C(O)c2ccccc2)CC1. The smallest absolute Gasteiger partial charge is 0.243 e. The van der Waals surface area contributed by atoms with Gasteiger partial charge in [-0.2, -0.15) is 4.31 Å². The van der Waals surface area contributed by atoms with Crippen molar-refractivity contribution >= 4 is 10.0 Å². The zero-order valence-corrected chi connectivity index (χ0v) is 14.0. The molecule has 0 amide bonds. The average Bonchev–Trinajstić information content (AvgIpc) is 2.62. The number of hydrogen-bond acceptors (Lipinski definition) is 3. The number of benzene rings is 2.